The van der Waals surface area contributed by atoms with Crippen LogP contribution >= 0.6 is 0 Å². The number of nitrogens with zero attached hydrogens (tertiary/aromatic N) is 3. The van der Waals surface area contributed by atoms with Crippen LogP contribution in [-0.4, -0.2) is 57.9 Å². The molecule has 0 bridgehead atoms. The van der Waals surface area contributed by atoms with E-state index in [1.807, 2.05) is 6.92 Å². The van der Waals surface area contributed by atoms with Crippen LogP contribution < -0.4 is 5.56 Å². The van der Waals surface area contributed by atoms with Crippen LogP contribution in [0.1, 0.15) is 35.7 Å². The minimum Gasteiger partial charge on any atom is -0.332 e. The van der Waals surface area contributed by atoms with E-state index in [1.165, 1.54) is 0 Å². The highest BCUT2D eigenvalue weighted by Gasteiger charge is 2.29. The normalized spacial score (nSPS) is 20.2. The number of carbonyl (C=O) groups excluding carboxylic acids is 1. The minimum absolute atomic E-state index is 0.00454. The first-order chi connectivity index (χ1) is 9.43. The number of nitrogens with one attached hydrogen (secondary N) is 1. The Hall–Kier alpha value is -1.69. The van der Waals surface area contributed by atoms with E-state index in [0.717, 1.165) is 19.6 Å². The van der Waals surface area contributed by atoms with Gasteiger partial charge in [-0.25, -0.2) is 4.98 Å². The first kappa shape index (κ1) is 14.7. The molecule has 1 aromatic rings. The highest BCUT2D eigenvalue weighted by molar-refractivity contribution is 5.92. The molecular weight excluding hydrogens is 256 g/mol. The van der Waals surface area contributed by atoms with Gasteiger partial charge in [0.2, 0.25) is 0 Å². The zero-order chi connectivity index (χ0) is 14.9. The monoisotopic (exact) mass is 278 g/mol. The van der Waals surface area contributed by atoms with E-state index in [2.05, 4.69) is 21.8 Å². The number of rotatable bonds is 2. The van der Waals surface area contributed by atoms with Crippen molar-refractivity contribution in [3.63, 3.8) is 0 Å². The molecule has 0 aliphatic carbocycles. The Bertz CT molecular complexity index is 567. The smallest absolute Gasteiger partial charge is 0.279 e. The van der Waals surface area contributed by atoms with Crippen molar-refractivity contribution in [3.05, 3.63) is 27.4 Å². The Kier molecular flexibility index (Phi) is 4.23. The molecule has 1 unspecified atom stereocenters. The van der Waals surface area contributed by atoms with Gasteiger partial charge in [-0.1, -0.05) is 6.92 Å². The summed E-state index contributed by atoms with van der Waals surface area (Å²) in [5.41, 5.74) is 0.997. The largest absolute Gasteiger partial charge is 0.332 e. The molecule has 1 aliphatic rings. The zero-order valence-corrected chi connectivity index (χ0v) is 12.6. The molecule has 0 saturated carbocycles. The number of aryl methyl sites for hydroxylation is 2. The maximum atomic E-state index is 12.5. The van der Waals surface area contributed by atoms with E-state index in [-0.39, 0.29) is 17.6 Å². The molecule has 2 rings (SSSR count). The van der Waals surface area contributed by atoms with Crippen LogP contribution in [0.5, 0.6) is 0 Å². The summed E-state index contributed by atoms with van der Waals surface area (Å²) in [6, 6.07) is 0.0963. The van der Waals surface area contributed by atoms with E-state index >= 15 is 0 Å². The average molecular weight is 278 g/mol. The number of piperazine rings is 1. The van der Waals surface area contributed by atoms with E-state index in [9.17, 15) is 9.59 Å². The van der Waals surface area contributed by atoms with Gasteiger partial charge in [0.05, 0.1) is 5.69 Å². The van der Waals surface area contributed by atoms with Crippen LogP contribution in [0.2, 0.25) is 0 Å². The molecule has 1 aliphatic heterocycles. The van der Waals surface area contributed by atoms with E-state index < -0.39 is 5.56 Å². The number of hydrogen-bond donors (Lipinski definition) is 1. The summed E-state index contributed by atoms with van der Waals surface area (Å²) >= 11 is 0. The van der Waals surface area contributed by atoms with Gasteiger partial charge >= 0.3 is 0 Å². The van der Waals surface area contributed by atoms with Crippen molar-refractivity contribution in [1.29, 1.82) is 0 Å². The van der Waals surface area contributed by atoms with Crippen molar-refractivity contribution in [1.82, 2.24) is 19.8 Å². The summed E-state index contributed by atoms with van der Waals surface area (Å²) in [5, 5.41) is 0. The highest BCUT2D eigenvalue weighted by Crippen LogP contribution is 2.12. The minimum atomic E-state index is -0.400. The van der Waals surface area contributed by atoms with Crippen molar-refractivity contribution in [2.45, 2.75) is 33.7 Å². The Morgan fingerprint density at radius 2 is 2.10 bits per heavy atom. The topological polar surface area (TPSA) is 69.3 Å². The standard InChI is InChI=1S/C14H22N4O2/c1-5-17-6-7-18(9(2)8-17)14(20)12-13(19)16-11(4)10(3)15-12/h9H,5-8H2,1-4H3,(H,16,19). The van der Waals surface area contributed by atoms with Gasteiger partial charge < -0.3 is 9.88 Å². The second kappa shape index (κ2) is 5.75. The van der Waals surface area contributed by atoms with Gasteiger partial charge in [0.15, 0.2) is 5.69 Å². The van der Waals surface area contributed by atoms with Gasteiger partial charge in [-0.05, 0) is 27.3 Å². The summed E-state index contributed by atoms with van der Waals surface area (Å²) in [6.07, 6.45) is 0. The molecule has 1 fully saturated rings. The third kappa shape index (κ3) is 2.75. The number of aromatic nitrogens is 2. The molecule has 1 saturated heterocycles. The van der Waals surface area contributed by atoms with Crippen LogP contribution in [-0.2, 0) is 0 Å². The average Bonchev–Trinajstić information content (AvgIpc) is 2.42. The Morgan fingerprint density at radius 1 is 1.40 bits per heavy atom. The summed E-state index contributed by atoms with van der Waals surface area (Å²) in [4.78, 5) is 35.3. The molecule has 1 N–H and O–H groups in total. The van der Waals surface area contributed by atoms with Crippen molar-refractivity contribution in [2.24, 2.45) is 0 Å². The molecule has 6 heteroatoms. The second-order valence-corrected chi connectivity index (χ2v) is 5.37. The third-order valence-electron chi connectivity index (χ3n) is 3.96. The lowest BCUT2D eigenvalue weighted by Gasteiger charge is -2.39. The fraction of sp³-hybridized carbons (Fsp3) is 0.643. The van der Waals surface area contributed by atoms with Crippen LogP contribution in [0.4, 0.5) is 0 Å². The number of H-pyrrole nitrogens is 1. The number of amides is 1. The maximum absolute atomic E-state index is 12.5. The molecular formula is C14H22N4O2. The molecule has 0 spiro atoms. The Morgan fingerprint density at radius 3 is 2.70 bits per heavy atom. The number of likely N-dealkylation sites (N-methyl/N-ethyl adjacent to an activating group) is 1. The fourth-order valence-corrected chi connectivity index (χ4v) is 2.53. The van der Waals surface area contributed by atoms with E-state index in [1.54, 1.807) is 18.7 Å². The summed E-state index contributed by atoms with van der Waals surface area (Å²) in [5.74, 6) is -0.266. The lowest BCUT2D eigenvalue weighted by molar-refractivity contribution is 0.0492. The first-order valence-electron chi connectivity index (χ1n) is 7.04. The molecule has 1 amide bonds. The van der Waals surface area contributed by atoms with Gasteiger partial charge in [0.1, 0.15) is 0 Å². The zero-order valence-electron chi connectivity index (χ0n) is 12.6. The number of carbonyl (C=O) groups is 1. The van der Waals surface area contributed by atoms with Crippen LogP contribution in [0.3, 0.4) is 0 Å². The lowest BCUT2D eigenvalue weighted by Crippen LogP contribution is -2.54. The quantitative estimate of drug-likeness (QED) is 0.858. The molecule has 2 heterocycles. The first-order valence-corrected chi connectivity index (χ1v) is 7.04. The van der Waals surface area contributed by atoms with Gasteiger partial charge in [-0.2, -0.15) is 0 Å². The number of hydrogen-bond acceptors (Lipinski definition) is 4. The maximum Gasteiger partial charge on any atom is 0.279 e. The van der Waals surface area contributed by atoms with Gasteiger partial charge in [-0.15, -0.1) is 0 Å². The van der Waals surface area contributed by atoms with Gasteiger partial charge in [-0.3, -0.25) is 14.5 Å². The predicted molar refractivity (Wildman–Crippen MR) is 76.9 cm³/mol. The predicted octanol–water partition coefficient (Wildman–Crippen LogP) is 0.553. The van der Waals surface area contributed by atoms with Crippen LogP contribution in [0.15, 0.2) is 4.79 Å². The van der Waals surface area contributed by atoms with Crippen molar-refractivity contribution < 1.29 is 4.79 Å². The molecule has 110 valence electrons. The number of aromatic amines is 1. The molecule has 0 radical (unpaired) electrons. The molecule has 6 nitrogen and oxygen atoms in total. The second-order valence-electron chi connectivity index (χ2n) is 5.37. The van der Waals surface area contributed by atoms with Crippen molar-refractivity contribution >= 4 is 5.91 Å². The van der Waals surface area contributed by atoms with Gasteiger partial charge in [0.25, 0.3) is 11.5 Å². The highest BCUT2D eigenvalue weighted by atomic mass is 16.2. The van der Waals surface area contributed by atoms with Crippen molar-refractivity contribution in [3.8, 4) is 0 Å². The van der Waals surface area contributed by atoms with E-state index in [0.29, 0.717) is 17.9 Å². The van der Waals surface area contributed by atoms with Crippen molar-refractivity contribution in [2.75, 3.05) is 26.2 Å². The van der Waals surface area contributed by atoms with Crippen LogP contribution in [0, 0.1) is 13.8 Å². The molecule has 0 aromatic carbocycles. The van der Waals surface area contributed by atoms with Gasteiger partial charge in [0, 0.05) is 31.4 Å². The third-order valence-corrected chi connectivity index (χ3v) is 3.96. The summed E-state index contributed by atoms with van der Waals surface area (Å²) in [6.45, 7) is 11.0. The Balaban J connectivity index is 2.24. The molecule has 1 atom stereocenters. The lowest BCUT2D eigenvalue weighted by atomic mass is 10.1. The molecule has 20 heavy (non-hydrogen) atoms. The Labute approximate surface area is 118 Å². The fourth-order valence-electron chi connectivity index (χ4n) is 2.53. The summed E-state index contributed by atoms with van der Waals surface area (Å²) < 4.78 is 0. The van der Waals surface area contributed by atoms with E-state index in [4.69, 9.17) is 0 Å². The summed E-state index contributed by atoms with van der Waals surface area (Å²) in [7, 11) is 0. The SMILES string of the molecule is CCN1CCN(C(=O)c2nc(C)c(C)[nH]c2=O)C(C)C1. The van der Waals surface area contributed by atoms with Crippen LogP contribution in [0.25, 0.3) is 0 Å². The molecule has 1 aromatic heterocycles.